The molecule has 1 fully saturated rings. The second-order valence-corrected chi connectivity index (χ2v) is 3.03. The van der Waals surface area contributed by atoms with Crippen LogP contribution in [0.3, 0.4) is 0 Å². The van der Waals surface area contributed by atoms with Crippen LogP contribution in [0.15, 0.2) is 0 Å². The molecule has 0 spiro atoms. The van der Waals surface area contributed by atoms with Crippen LogP contribution in [0.25, 0.3) is 0 Å². The average Bonchev–Trinajstić information content (AvgIpc) is 2.17. The third-order valence-corrected chi connectivity index (χ3v) is 2.18. The minimum absolute atomic E-state index is 0.131. The molecule has 0 aromatic rings. The number of nitrogens with two attached hydrogens (primary N) is 1. The normalized spacial score (nSPS) is 26.3. The lowest BCUT2D eigenvalue weighted by atomic mass is 9.94. The molecule has 0 amide bonds. The van der Waals surface area contributed by atoms with Gasteiger partial charge in [0.2, 0.25) is 0 Å². The van der Waals surface area contributed by atoms with Gasteiger partial charge in [0.25, 0.3) is 0 Å². The number of hydrogen-bond donors (Lipinski definition) is 1. The molecule has 1 saturated heterocycles. The predicted molar refractivity (Wildman–Crippen MR) is 43.5 cm³/mol. The van der Waals surface area contributed by atoms with Crippen LogP contribution in [0.1, 0.15) is 12.8 Å². The van der Waals surface area contributed by atoms with Gasteiger partial charge in [0.1, 0.15) is 6.04 Å². The minimum Gasteiger partial charge on any atom is -0.468 e. The Labute approximate surface area is 72.0 Å². The van der Waals surface area contributed by atoms with E-state index in [1.165, 1.54) is 7.11 Å². The van der Waals surface area contributed by atoms with E-state index in [1.807, 2.05) is 0 Å². The summed E-state index contributed by atoms with van der Waals surface area (Å²) < 4.78 is 9.76. The van der Waals surface area contributed by atoms with Gasteiger partial charge in [-0.05, 0) is 12.8 Å². The molecule has 0 aromatic heterocycles. The highest BCUT2D eigenvalue weighted by atomic mass is 16.5. The van der Waals surface area contributed by atoms with Gasteiger partial charge >= 0.3 is 5.97 Å². The van der Waals surface area contributed by atoms with E-state index in [4.69, 9.17) is 10.5 Å². The van der Waals surface area contributed by atoms with Crippen molar-refractivity contribution in [3.8, 4) is 0 Å². The van der Waals surface area contributed by atoms with E-state index < -0.39 is 6.04 Å². The summed E-state index contributed by atoms with van der Waals surface area (Å²) in [6.07, 6.45) is 1.94. The van der Waals surface area contributed by atoms with Crippen molar-refractivity contribution in [2.45, 2.75) is 18.9 Å². The van der Waals surface area contributed by atoms with Crippen molar-refractivity contribution in [1.29, 1.82) is 0 Å². The zero-order chi connectivity index (χ0) is 8.97. The Kier molecular flexibility index (Phi) is 3.49. The maximum Gasteiger partial charge on any atom is 0.323 e. The lowest BCUT2D eigenvalue weighted by Crippen LogP contribution is -2.42. The fraction of sp³-hybridized carbons (Fsp3) is 0.875. The molecule has 4 heteroatoms. The lowest BCUT2D eigenvalue weighted by Gasteiger charge is -2.25. The van der Waals surface area contributed by atoms with Gasteiger partial charge in [0.05, 0.1) is 13.7 Å². The SMILES string of the molecule is COC(=O)[C@@H](N)C1CCCOC1. The quantitative estimate of drug-likeness (QED) is 0.593. The van der Waals surface area contributed by atoms with Crippen molar-refractivity contribution >= 4 is 5.97 Å². The Morgan fingerprint density at radius 1 is 1.75 bits per heavy atom. The highest BCUT2D eigenvalue weighted by molar-refractivity contribution is 5.75. The second-order valence-electron chi connectivity index (χ2n) is 3.03. The lowest BCUT2D eigenvalue weighted by molar-refractivity contribution is -0.144. The molecule has 1 rings (SSSR count). The van der Waals surface area contributed by atoms with Gasteiger partial charge in [-0.25, -0.2) is 0 Å². The molecule has 2 N–H and O–H groups in total. The molecule has 70 valence electrons. The van der Waals surface area contributed by atoms with E-state index in [1.54, 1.807) is 0 Å². The van der Waals surface area contributed by atoms with E-state index in [0.717, 1.165) is 19.4 Å². The van der Waals surface area contributed by atoms with Gasteiger partial charge in [-0.15, -0.1) is 0 Å². The number of esters is 1. The number of rotatable bonds is 2. The van der Waals surface area contributed by atoms with Crippen molar-refractivity contribution in [1.82, 2.24) is 0 Å². The molecule has 1 heterocycles. The van der Waals surface area contributed by atoms with Crippen molar-refractivity contribution in [2.75, 3.05) is 20.3 Å². The summed E-state index contributed by atoms with van der Waals surface area (Å²) in [5.41, 5.74) is 5.65. The van der Waals surface area contributed by atoms with E-state index >= 15 is 0 Å². The summed E-state index contributed by atoms with van der Waals surface area (Å²) in [7, 11) is 1.35. The van der Waals surface area contributed by atoms with Crippen LogP contribution < -0.4 is 5.73 Å². The molecule has 0 aliphatic carbocycles. The molecule has 2 atom stereocenters. The number of ether oxygens (including phenoxy) is 2. The molecular weight excluding hydrogens is 158 g/mol. The summed E-state index contributed by atoms with van der Waals surface area (Å²) in [6, 6.07) is -0.518. The summed E-state index contributed by atoms with van der Waals surface area (Å²) in [5, 5.41) is 0. The number of carbonyl (C=O) groups excluding carboxylic acids is 1. The molecule has 1 aliphatic rings. The van der Waals surface area contributed by atoms with Gasteiger partial charge < -0.3 is 15.2 Å². The summed E-state index contributed by atoms with van der Waals surface area (Å²) in [5.74, 6) is -0.211. The van der Waals surface area contributed by atoms with Crippen molar-refractivity contribution in [3.05, 3.63) is 0 Å². The Morgan fingerprint density at radius 3 is 3.00 bits per heavy atom. The fourth-order valence-corrected chi connectivity index (χ4v) is 1.38. The molecular formula is C8H15NO3. The van der Waals surface area contributed by atoms with Crippen molar-refractivity contribution in [2.24, 2.45) is 11.7 Å². The smallest absolute Gasteiger partial charge is 0.323 e. The first-order chi connectivity index (χ1) is 5.75. The second kappa shape index (κ2) is 4.42. The number of carbonyl (C=O) groups is 1. The summed E-state index contributed by atoms with van der Waals surface area (Å²) in [4.78, 5) is 11.0. The zero-order valence-electron chi connectivity index (χ0n) is 7.29. The van der Waals surface area contributed by atoms with Crippen LogP contribution in [-0.4, -0.2) is 32.3 Å². The Bertz CT molecular complexity index is 154. The largest absolute Gasteiger partial charge is 0.468 e. The summed E-state index contributed by atoms with van der Waals surface area (Å²) >= 11 is 0. The Morgan fingerprint density at radius 2 is 2.50 bits per heavy atom. The minimum atomic E-state index is -0.518. The number of hydrogen-bond acceptors (Lipinski definition) is 4. The topological polar surface area (TPSA) is 61.5 Å². The first kappa shape index (κ1) is 9.48. The van der Waals surface area contributed by atoms with Crippen LogP contribution >= 0.6 is 0 Å². The maximum atomic E-state index is 11.0. The third-order valence-electron chi connectivity index (χ3n) is 2.18. The Balaban J connectivity index is 2.39. The van der Waals surface area contributed by atoms with Crippen LogP contribution in [0.2, 0.25) is 0 Å². The molecule has 0 aromatic carbocycles. The average molecular weight is 173 g/mol. The monoisotopic (exact) mass is 173 g/mol. The van der Waals surface area contributed by atoms with Crippen LogP contribution in [-0.2, 0) is 14.3 Å². The first-order valence-electron chi connectivity index (χ1n) is 4.17. The van der Waals surface area contributed by atoms with Crippen molar-refractivity contribution in [3.63, 3.8) is 0 Å². The molecule has 4 nitrogen and oxygen atoms in total. The molecule has 1 unspecified atom stereocenters. The molecule has 0 saturated carbocycles. The van der Waals surface area contributed by atoms with E-state index in [0.29, 0.717) is 6.61 Å². The van der Waals surface area contributed by atoms with E-state index in [2.05, 4.69) is 4.74 Å². The predicted octanol–water partition coefficient (Wildman–Crippen LogP) is -0.0867. The van der Waals surface area contributed by atoms with E-state index in [-0.39, 0.29) is 11.9 Å². The first-order valence-corrected chi connectivity index (χ1v) is 4.17. The maximum absolute atomic E-state index is 11.0. The third kappa shape index (κ3) is 2.19. The summed E-state index contributed by atoms with van der Waals surface area (Å²) in [6.45, 7) is 1.36. The molecule has 0 bridgehead atoms. The van der Waals surface area contributed by atoms with Gasteiger partial charge in [0, 0.05) is 12.5 Å². The fourth-order valence-electron chi connectivity index (χ4n) is 1.38. The highest BCUT2D eigenvalue weighted by Crippen LogP contribution is 2.16. The Hall–Kier alpha value is -0.610. The van der Waals surface area contributed by atoms with E-state index in [9.17, 15) is 4.79 Å². The number of methoxy groups -OCH3 is 1. The highest BCUT2D eigenvalue weighted by Gasteiger charge is 2.27. The van der Waals surface area contributed by atoms with Crippen LogP contribution in [0.4, 0.5) is 0 Å². The van der Waals surface area contributed by atoms with Gasteiger partial charge in [-0.3, -0.25) is 4.79 Å². The van der Waals surface area contributed by atoms with Crippen molar-refractivity contribution < 1.29 is 14.3 Å². The molecule has 1 aliphatic heterocycles. The van der Waals surface area contributed by atoms with Crippen LogP contribution in [0.5, 0.6) is 0 Å². The van der Waals surface area contributed by atoms with Crippen LogP contribution in [0, 0.1) is 5.92 Å². The van der Waals surface area contributed by atoms with Gasteiger partial charge in [-0.2, -0.15) is 0 Å². The molecule has 0 radical (unpaired) electrons. The van der Waals surface area contributed by atoms with Gasteiger partial charge in [0.15, 0.2) is 0 Å². The standard InChI is InChI=1S/C8H15NO3/c1-11-8(10)7(9)6-3-2-4-12-5-6/h6-7H,2-5,9H2,1H3/t6?,7-/m0/s1. The zero-order valence-corrected chi connectivity index (χ0v) is 7.29. The van der Waals surface area contributed by atoms with Gasteiger partial charge in [-0.1, -0.05) is 0 Å². The molecule has 12 heavy (non-hydrogen) atoms.